The third kappa shape index (κ3) is 2.05. The van der Waals surface area contributed by atoms with Crippen molar-refractivity contribution in [3.63, 3.8) is 0 Å². The van der Waals surface area contributed by atoms with E-state index in [0.29, 0.717) is 11.7 Å². The summed E-state index contributed by atoms with van der Waals surface area (Å²) in [6, 6.07) is 0.158. The number of aromatic amines is 1. The third-order valence-corrected chi connectivity index (χ3v) is 3.39. The fourth-order valence-corrected chi connectivity index (χ4v) is 2.23. The number of hydrogen-bond acceptors (Lipinski definition) is 4. The van der Waals surface area contributed by atoms with Gasteiger partial charge in [0.15, 0.2) is 5.82 Å². The number of rotatable bonds is 2. The molecule has 1 aliphatic rings. The van der Waals surface area contributed by atoms with Crippen molar-refractivity contribution in [3.05, 3.63) is 21.7 Å². The molecule has 1 aromatic heterocycles. The van der Waals surface area contributed by atoms with Gasteiger partial charge in [-0.1, -0.05) is 11.6 Å². The van der Waals surface area contributed by atoms with Crippen LogP contribution in [0.4, 0.5) is 5.82 Å². The minimum Gasteiger partial charge on any atom is -0.355 e. The predicted molar refractivity (Wildman–Crippen MR) is 63.8 cm³/mol. The van der Waals surface area contributed by atoms with Crippen molar-refractivity contribution < 1.29 is 0 Å². The predicted octanol–water partition coefficient (Wildman–Crippen LogP) is 0.597. The Bertz CT molecular complexity index is 431. The number of nitrogens with one attached hydrogen (secondary N) is 1. The Morgan fingerprint density at radius 1 is 1.75 bits per heavy atom. The molecule has 0 radical (unpaired) electrons. The van der Waals surface area contributed by atoms with Gasteiger partial charge in [0.1, 0.15) is 5.02 Å². The van der Waals surface area contributed by atoms with E-state index in [1.165, 1.54) is 6.33 Å². The molecule has 0 saturated carbocycles. The lowest BCUT2D eigenvalue weighted by Gasteiger charge is -2.19. The van der Waals surface area contributed by atoms with Crippen LogP contribution in [0.1, 0.15) is 13.3 Å². The molecule has 0 spiro atoms. The number of hydrogen-bond donors (Lipinski definition) is 2. The lowest BCUT2D eigenvalue weighted by molar-refractivity contribution is 0.488. The Kier molecular flexibility index (Phi) is 3.16. The topological polar surface area (TPSA) is 75.0 Å². The first-order valence-corrected chi connectivity index (χ1v) is 5.71. The largest absolute Gasteiger partial charge is 0.355 e. The molecule has 2 atom stereocenters. The first kappa shape index (κ1) is 11.4. The molecule has 1 saturated heterocycles. The molecule has 0 bridgehead atoms. The van der Waals surface area contributed by atoms with Crippen LogP contribution in [-0.2, 0) is 0 Å². The Balaban J connectivity index is 2.21. The van der Waals surface area contributed by atoms with E-state index in [4.69, 9.17) is 17.3 Å². The van der Waals surface area contributed by atoms with Gasteiger partial charge in [-0.2, -0.15) is 0 Å². The maximum absolute atomic E-state index is 11.3. The van der Waals surface area contributed by atoms with Crippen LogP contribution in [0.2, 0.25) is 5.02 Å². The molecule has 1 aromatic rings. The highest BCUT2D eigenvalue weighted by molar-refractivity contribution is 6.32. The number of halogens is 1. The normalized spacial score (nSPS) is 22.4. The molecule has 1 aliphatic heterocycles. The van der Waals surface area contributed by atoms with Gasteiger partial charge in [-0.05, 0) is 19.3 Å². The quantitative estimate of drug-likeness (QED) is 0.796. The van der Waals surface area contributed by atoms with Gasteiger partial charge in [0.2, 0.25) is 0 Å². The summed E-state index contributed by atoms with van der Waals surface area (Å²) in [4.78, 5) is 19.9. The molecule has 88 valence electrons. The molecule has 3 N–H and O–H groups in total. The van der Waals surface area contributed by atoms with Gasteiger partial charge in [-0.25, -0.2) is 4.98 Å². The number of aromatic nitrogens is 2. The number of nitrogens with zero attached hydrogens (tertiary/aromatic N) is 2. The molecule has 1 fully saturated rings. The molecule has 0 aromatic carbocycles. The monoisotopic (exact) mass is 242 g/mol. The van der Waals surface area contributed by atoms with Crippen molar-refractivity contribution in [1.29, 1.82) is 0 Å². The van der Waals surface area contributed by atoms with Crippen LogP contribution in [0.3, 0.4) is 0 Å². The Labute approximate surface area is 98.6 Å². The summed E-state index contributed by atoms with van der Waals surface area (Å²) in [6.07, 6.45) is 2.39. The van der Waals surface area contributed by atoms with Gasteiger partial charge in [0.05, 0.1) is 6.33 Å². The molecule has 2 heterocycles. The summed E-state index contributed by atoms with van der Waals surface area (Å²) >= 11 is 5.92. The van der Waals surface area contributed by atoms with Gasteiger partial charge >= 0.3 is 0 Å². The minimum atomic E-state index is -0.295. The van der Waals surface area contributed by atoms with E-state index >= 15 is 0 Å². The summed E-state index contributed by atoms with van der Waals surface area (Å²) in [7, 11) is 0. The first-order chi connectivity index (χ1) is 7.59. The number of anilines is 1. The maximum atomic E-state index is 11.3. The number of nitrogens with two attached hydrogens (primary N) is 1. The molecular formula is C10H15ClN4O. The van der Waals surface area contributed by atoms with E-state index in [2.05, 4.69) is 9.97 Å². The van der Waals surface area contributed by atoms with Crippen molar-refractivity contribution in [1.82, 2.24) is 9.97 Å². The third-order valence-electron chi connectivity index (χ3n) is 3.05. The summed E-state index contributed by atoms with van der Waals surface area (Å²) in [5.74, 6) is 1.01. The highest BCUT2D eigenvalue weighted by Gasteiger charge is 2.27. The van der Waals surface area contributed by atoms with Crippen molar-refractivity contribution in [3.8, 4) is 0 Å². The van der Waals surface area contributed by atoms with Crippen LogP contribution in [0.25, 0.3) is 0 Å². The summed E-state index contributed by atoms with van der Waals surface area (Å²) in [5.41, 5.74) is 5.56. The molecule has 6 heteroatoms. The van der Waals surface area contributed by atoms with E-state index in [0.717, 1.165) is 19.5 Å². The molecule has 16 heavy (non-hydrogen) atoms. The van der Waals surface area contributed by atoms with Crippen LogP contribution in [0.15, 0.2) is 11.1 Å². The fourth-order valence-electron chi connectivity index (χ4n) is 2.00. The fraction of sp³-hybridized carbons (Fsp3) is 0.600. The van der Waals surface area contributed by atoms with Gasteiger partial charge in [0.25, 0.3) is 5.56 Å². The maximum Gasteiger partial charge on any atom is 0.271 e. The van der Waals surface area contributed by atoms with Gasteiger partial charge < -0.3 is 15.6 Å². The molecule has 5 nitrogen and oxygen atoms in total. The molecule has 0 aliphatic carbocycles. The second-order valence-electron chi connectivity index (χ2n) is 4.22. The van der Waals surface area contributed by atoms with Crippen molar-refractivity contribution in [2.45, 2.75) is 19.4 Å². The Morgan fingerprint density at radius 2 is 2.50 bits per heavy atom. The summed E-state index contributed by atoms with van der Waals surface area (Å²) in [5, 5.41) is 0.160. The highest BCUT2D eigenvalue weighted by atomic mass is 35.5. The Morgan fingerprint density at radius 3 is 3.12 bits per heavy atom. The standard InChI is InChI=1S/C10H15ClN4O/c1-6(12)7-2-3-15(4-7)9-8(11)10(16)14-5-13-9/h5-7H,2-4,12H2,1H3,(H,13,14,16). The second-order valence-corrected chi connectivity index (χ2v) is 4.60. The lowest BCUT2D eigenvalue weighted by Crippen LogP contribution is -2.30. The molecule has 2 unspecified atom stereocenters. The zero-order valence-corrected chi connectivity index (χ0v) is 9.87. The summed E-state index contributed by atoms with van der Waals surface area (Å²) < 4.78 is 0. The van der Waals surface area contributed by atoms with Crippen LogP contribution in [0.5, 0.6) is 0 Å². The highest BCUT2D eigenvalue weighted by Crippen LogP contribution is 2.26. The van der Waals surface area contributed by atoms with Crippen LogP contribution in [0, 0.1) is 5.92 Å². The van der Waals surface area contributed by atoms with E-state index in [1.54, 1.807) is 0 Å². The van der Waals surface area contributed by atoms with E-state index < -0.39 is 0 Å². The molecular weight excluding hydrogens is 228 g/mol. The first-order valence-electron chi connectivity index (χ1n) is 5.33. The van der Waals surface area contributed by atoms with Gasteiger partial charge in [-0.15, -0.1) is 0 Å². The van der Waals surface area contributed by atoms with Crippen molar-refractivity contribution in [2.75, 3.05) is 18.0 Å². The SMILES string of the molecule is CC(N)C1CCN(c2nc[nH]c(=O)c2Cl)C1. The van der Waals surface area contributed by atoms with Crippen LogP contribution < -0.4 is 16.2 Å². The zero-order chi connectivity index (χ0) is 11.7. The van der Waals surface area contributed by atoms with Gasteiger partial charge in [0, 0.05) is 19.1 Å². The number of H-pyrrole nitrogens is 1. The van der Waals surface area contributed by atoms with Crippen LogP contribution >= 0.6 is 11.6 Å². The van der Waals surface area contributed by atoms with E-state index in [1.807, 2.05) is 11.8 Å². The average Bonchev–Trinajstić information content (AvgIpc) is 2.71. The van der Waals surface area contributed by atoms with Crippen LogP contribution in [-0.4, -0.2) is 29.1 Å². The van der Waals surface area contributed by atoms with Crippen molar-refractivity contribution in [2.24, 2.45) is 11.7 Å². The van der Waals surface area contributed by atoms with E-state index in [-0.39, 0.29) is 16.6 Å². The Hall–Kier alpha value is -1.07. The average molecular weight is 243 g/mol. The van der Waals surface area contributed by atoms with Gasteiger partial charge in [-0.3, -0.25) is 4.79 Å². The zero-order valence-electron chi connectivity index (χ0n) is 9.11. The minimum absolute atomic E-state index is 0.158. The summed E-state index contributed by atoms with van der Waals surface area (Å²) in [6.45, 7) is 3.66. The second kappa shape index (κ2) is 4.43. The van der Waals surface area contributed by atoms with Crippen molar-refractivity contribution >= 4 is 17.4 Å². The smallest absolute Gasteiger partial charge is 0.271 e. The van der Waals surface area contributed by atoms with E-state index in [9.17, 15) is 4.79 Å². The molecule has 0 amide bonds. The lowest BCUT2D eigenvalue weighted by atomic mass is 10.0. The molecule has 2 rings (SSSR count).